The van der Waals surface area contributed by atoms with Crippen LogP contribution in [0.4, 0.5) is 0 Å². The van der Waals surface area contributed by atoms with Crippen LogP contribution in [0.2, 0.25) is 0 Å². The number of fused-ring (bicyclic) bond motifs is 1. The lowest BCUT2D eigenvalue weighted by Gasteiger charge is -2.14. The molecular formula is C14H19NO4. The lowest BCUT2D eigenvalue weighted by atomic mass is 10.1. The first-order valence-corrected chi connectivity index (χ1v) is 6.38. The van der Waals surface area contributed by atoms with Crippen LogP contribution in [-0.2, 0) is 9.53 Å². The average Bonchev–Trinajstić information content (AvgIpc) is 2.86. The van der Waals surface area contributed by atoms with Crippen molar-refractivity contribution in [2.75, 3.05) is 20.5 Å². The third-order valence-corrected chi connectivity index (χ3v) is 3.03. The van der Waals surface area contributed by atoms with Crippen LogP contribution in [-0.4, -0.2) is 26.4 Å². The van der Waals surface area contributed by atoms with E-state index in [1.165, 1.54) is 0 Å². The van der Waals surface area contributed by atoms with Crippen molar-refractivity contribution in [1.82, 2.24) is 5.32 Å². The van der Waals surface area contributed by atoms with E-state index in [9.17, 15) is 4.79 Å². The van der Waals surface area contributed by atoms with E-state index in [1.54, 1.807) is 7.11 Å². The molecule has 1 N–H and O–H groups in total. The summed E-state index contributed by atoms with van der Waals surface area (Å²) in [5.74, 6) is 1.52. The molecule has 19 heavy (non-hydrogen) atoms. The summed E-state index contributed by atoms with van der Waals surface area (Å²) in [5, 5.41) is 2.96. The van der Waals surface area contributed by atoms with Gasteiger partial charge in [0.25, 0.3) is 0 Å². The summed E-state index contributed by atoms with van der Waals surface area (Å²) in [6.45, 7) is 2.81. The van der Waals surface area contributed by atoms with Crippen molar-refractivity contribution in [2.45, 2.75) is 25.8 Å². The van der Waals surface area contributed by atoms with Crippen LogP contribution in [0.5, 0.6) is 11.5 Å². The smallest absolute Gasteiger partial charge is 0.231 e. The largest absolute Gasteiger partial charge is 0.454 e. The minimum absolute atomic E-state index is 0.0298. The molecule has 104 valence electrons. The molecule has 0 fully saturated rings. The van der Waals surface area contributed by atoms with Crippen LogP contribution in [0.15, 0.2) is 18.2 Å². The van der Waals surface area contributed by atoms with E-state index in [-0.39, 0.29) is 18.7 Å². The van der Waals surface area contributed by atoms with Gasteiger partial charge in [0.2, 0.25) is 12.7 Å². The summed E-state index contributed by atoms with van der Waals surface area (Å²) in [4.78, 5) is 11.7. The molecule has 5 heteroatoms. The van der Waals surface area contributed by atoms with Crippen molar-refractivity contribution >= 4 is 5.91 Å². The summed E-state index contributed by atoms with van der Waals surface area (Å²) in [5.41, 5.74) is 1.00. The van der Waals surface area contributed by atoms with Crippen molar-refractivity contribution < 1.29 is 19.0 Å². The van der Waals surface area contributed by atoms with Gasteiger partial charge < -0.3 is 19.5 Å². The Morgan fingerprint density at radius 2 is 2.21 bits per heavy atom. The van der Waals surface area contributed by atoms with E-state index in [1.807, 2.05) is 25.1 Å². The predicted octanol–water partition coefficient (Wildman–Crippen LogP) is 2.02. The molecule has 1 heterocycles. The molecule has 0 aromatic heterocycles. The third-order valence-electron chi connectivity index (χ3n) is 3.03. The predicted molar refractivity (Wildman–Crippen MR) is 70.2 cm³/mol. The minimum Gasteiger partial charge on any atom is -0.454 e. The fourth-order valence-corrected chi connectivity index (χ4v) is 1.96. The molecule has 0 radical (unpaired) electrons. The zero-order valence-electron chi connectivity index (χ0n) is 11.3. The van der Waals surface area contributed by atoms with E-state index < -0.39 is 0 Å². The zero-order chi connectivity index (χ0) is 13.7. The lowest BCUT2D eigenvalue weighted by molar-refractivity contribution is -0.122. The first kappa shape index (κ1) is 13.7. The number of nitrogens with one attached hydrogen (secondary N) is 1. The minimum atomic E-state index is -0.0513. The monoisotopic (exact) mass is 265 g/mol. The summed E-state index contributed by atoms with van der Waals surface area (Å²) < 4.78 is 15.5. The summed E-state index contributed by atoms with van der Waals surface area (Å²) in [7, 11) is 1.63. The maximum Gasteiger partial charge on any atom is 0.231 e. The highest BCUT2D eigenvalue weighted by molar-refractivity contribution is 5.76. The molecular weight excluding hydrogens is 246 g/mol. The number of benzene rings is 1. The van der Waals surface area contributed by atoms with Gasteiger partial charge in [-0.3, -0.25) is 4.79 Å². The fraction of sp³-hybridized carbons (Fsp3) is 0.500. The second-order valence-corrected chi connectivity index (χ2v) is 4.50. The molecule has 1 unspecified atom stereocenters. The SMILES string of the molecule is COCCCC(=O)NC(C)c1ccc2c(c1)OCO2. The normalized spacial score (nSPS) is 14.2. The van der Waals surface area contributed by atoms with Gasteiger partial charge in [0, 0.05) is 20.1 Å². The molecule has 5 nitrogen and oxygen atoms in total. The average molecular weight is 265 g/mol. The molecule has 0 aliphatic carbocycles. The molecule has 2 rings (SSSR count). The van der Waals surface area contributed by atoms with Gasteiger partial charge in [0.1, 0.15) is 0 Å². The van der Waals surface area contributed by atoms with Crippen molar-refractivity contribution in [3.05, 3.63) is 23.8 Å². The second kappa shape index (κ2) is 6.43. The van der Waals surface area contributed by atoms with E-state index in [2.05, 4.69) is 5.32 Å². The third kappa shape index (κ3) is 3.61. The van der Waals surface area contributed by atoms with Crippen molar-refractivity contribution in [3.63, 3.8) is 0 Å². The number of hydrogen-bond acceptors (Lipinski definition) is 4. The van der Waals surface area contributed by atoms with Crippen LogP contribution in [0.1, 0.15) is 31.4 Å². The van der Waals surface area contributed by atoms with Gasteiger partial charge in [-0.15, -0.1) is 0 Å². The van der Waals surface area contributed by atoms with Gasteiger partial charge in [0.15, 0.2) is 11.5 Å². The number of hydrogen-bond donors (Lipinski definition) is 1. The van der Waals surface area contributed by atoms with E-state index in [0.29, 0.717) is 13.0 Å². The first-order chi connectivity index (χ1) is 9.20. The van der Waals surface area contributed by atoms with Crippen LogP contribution < -0.4 is 14.8 Å². The lowest BCUT2D eigenvalue weighted by Crippen LogP contribution is -2.26. The Bertz CT molecular complexity index is 447. The quantitative estimate of drug-likeness (QED) is 0.799. The van der Waals surface area contributed by atoms with Gasteiger partial charge in [-0.05, 0) is 31.0 Å². The van der Waals surface area contributed by atoms with Gasteiger partial charge >= 0.3 is 0 Å². The van der Waals surface area contributed by atoms with Gasteiger partial charge in [-0.2, -0.15) is 0 Å². The molecule has 1 aliphatic heterocycles. The van der Waals surface area contributed by atoms with Gasteiger partial charge in [-0.25, -0.2) is 0 Å². The highest BCUT2D eigenvalue weighted by Crippen LogP contribution is 2.34. The topological polar surface area (TPSA) is 56.8 Å². The molecule has 1 aliphatic rings. The second-order valence-electron chi connectivity index (χ2n) is 4.50. The standard InChI is InChI=1S/C14H19NO4/c1-10(15-14(16)4-3-7-17-2)11-5-6-12-13(8-11)19-9-18-12/h5-6,8,10H,3-4,7,9H2,1-2H3,(H,15,16). The number of ether oxygens (including phenoxy) is 3. The molecule has 1 aromatic rings. The van der Waals surface area contributed by atoms with Gasteiger partial charge in [-0.1, -0.05) is 6.07 Å². The van der Waals surface area contributed by atoms with Crippen LogP contribution in [0, 0.1) is 0 Å². The number of methoxy groups -OCH3 is 1. The molecule has 0 saturated heterocycles. The fourth-order valence-electron chi connectivity index (χ4n) is 1.96. The van der Waals surface area contributed by atoms with Crippen molar-refractivity contribution in [2.24, 2.45) is 0 Å². The Hall–Kier alpha value is -1.75. The molecule has 0 saturated carbocycles. The summed E-state index contributed by atoms with van der Waals surface area (Å²) >= 11 is 0. The number of carbonyl (C=O) groups excluding carboxylic acids is 1. The molecule has 1 atom stereocenters. The van der Waals surface area contributed by atoms with E-state index in [0.717, 1.165) is 23.5 Å². The van der Waals surface area contributed by atoms with Crippen molar-refractivity contribution in [3.8, 4) is 11.5 Å². The maximum atomic E-state index is 11.7. The van der Waals surface area contributed by atoms with Gasteiger partial charge in [0.05, 0.1) is 6.04 Å². The van der Waals surface area contributed by atoms with Crippen LogP contribution in [0.25, 0.3) is 0 Å². The Kier molecular flexibility index (Phi) is 4.63. The number of carbonyl (C=O) groups is 1. The van der Waals surface area contributed by atoms with Crippen LogP contribution >= 0.6 is 0 Å². The highest BCUT2D eigenvalue weighted by Gasteiger charge is 2.16. The van der Waals surface area contributed by atoms with E-state index >= 15 is 0 Å². The Balaban J connectivity index is 1.89. The van der Waals surface area contributed by atoms with Crippen LogP contribution in [0.3, 0.4) is 0 Å². The maximum absolute atomic E-state index is 11.7. The molecule has 0 spiro atoms. The summed E-state index contributed by atoms with van der Waals surface area (Å²) in [6.07, 6.45) is 1.21. The summed E-state index contributed by atoms with van der Waals surface area (Å²) in [6, 6.07) is 5.66. The zero-order valence-corrected chi connectivity index (χ0v) is 11.3. The highest BCUT2D eigenvalue weighted by atomic mass is 16.7. The first-order valence-electron chi connectivity index (χ1n) is 6.38. The number of rotatable bonds is 6. The number of amides is 1. The molecule has 1 amide bonds. The Labute approximate surface area is 112 Å². The molecule has 0 bridgehead atoms. The Morgan fingerprint density at radius 1 is 1.42 bits per heavy atom. The van der Waals surface area contributed by atoms with E-state index in [4.69, 9.17) is 14.2 Å². The molecule has 1 aromatic carbocycles. The van der Waals surface area contributed by atoms with Crippen molar-refractivity contribution in [1.29, 1.82) is 0 Å². The Morgan fingerprint density at radius 3 is 3.00 bits per heavy atom.